The lowest BCUT2D eigenvalue weighted by atomic mass is 10.00. The Labute approximate surface area is 238 Å². The number of aliphatic hydroxyl groups is 1. The summed E-state index contributed by atoms with van der Waals surface area (Å²) >= 11 is 0.761. The van der Waals surface area contributed by atoms with Crippen molar-refractivity contribution < 1.29 is 23.1 Å². The van der Waals surface area contributed by atoms with Gasteiger partial charge in [-0.2, -0.15) is 13.2 Å². The number of anilines is 2. The van der Waals surface area contributed by atoms with Crippen LogP contribution in [0.1, 0.15) is 58.8 Å². The molecule has 218 valence electrons. The van der Waals surface area contributed by atoms with E-state index in [-0.39, 0.29) is 39.2 Å². The van der Waals surface area contributed by atoms with Crippen molar-refractivity contribution in [3.8, 4) is 0 Å². The van der Waals surface area contributed by atoms with Crippen LogP contribution < -0.4 is 27.4 Å². The zero-order chi connectivity index (χ0) is 29.5. The quantitative estimate of drug-likeness (QED) is 0.280. The van der Waals surface area contributed by atoms with Gasteiger partial charge in [0, 0.05) is 55.5 Å². The summed E-state index contributed by atoms with van der Waals surface area (Å²) in [4.78, 5) is 26.5. The molecule has 0 aliphatic carbocycles. The van der Waals surface area contributed by atoms with E-state index in [0.717, 1.165) is 28.5 Å². The lowest BCUT2D eigenvalue weighted by Gasteiger charge is -2.34. The van der Waals surface area contributed by atoms with E-state index in [0.29, 0.717) is 38.0 Å². The molecule has 8 N–H and O–H groups in total. The van der Waals surface area contributed by atoms with Crippen molar-refractivity contribution in [2.75, 3.05) is 30.3 Å². The molecule has 1 amide bonds. The Bertz CT molecular complexity index is 1510. The standard InChI is InChI=1S/C27H31F3N8O2S/c1-26(33)7-4-15(12-36-26)14-2-3-18(35-11-14)19(39)13-34-16-5-8-38(9-6-16)20-10-17(27(28,29)30)21-22(31)23(24(32)40)41-25(21)37-20/h2-4,10-12,16,19,34,39H,5-9,13,31,33H2,1H3,(H2,32,40). The van der Waals surface area contributed by atoms with Crippen LogP contribution in [-0.4, -0.2) is 58.5 Å². The molecule has 2 unspecified atom stereocenters. The van der Waals surface area contributed by atoms with E-state index in [1.165, 1.54) is 0 Å². The molecule has 0 spiro atoms. The van der Waals surface area contributed by atoms with Crippen LogP contribution in [0.5, 0.6) is 0 Å². The molecule has 1 fully saturated rings. The van der Waals surface area contributed by atoms with Crippen LogP contribution in [0.15, 0.2) is 35.5 Å². The number of piperidine rings is 1. The normalized spacial score (nSPS) is 20.8. The monoisotopic (exact) mass is 588 g/mol. The highest BCUT2D eigenvalue weighted by Gasteiger charge is 2.37. The highest BCUT2D eigenvalue weighted by atomic mass is 32.1. The molecule has 0 aromatic carbocycles. The van der Waals surface area contributed by atoms with Gasteiger partial charge in [0.25, 0.3) is 5.91 Å². The van der Waals surface area contributed by atoms with Crippen molar-refractivity contribution in [1.29, 1.82) is 0 Å². The summed E-state index contributed by atoms with van der Waals surface area (Å²) in [5.41, 5.74) is 17.7. The first-order chi connectivity index (χ1) is 19.3. The number of pyridine rings is 2. The Morgan fingerprint density at radius 3 is 2.63 bits per heavy atom. The van der Waals surface area contributed by atoms with Crippen LogP contribution >= 0.6 is 11.3 Å². The van der Waals surface area contributed by atoms with Gasteiger partial charge >= 0.3 is 6.18 Å². The molecule has 14 heteroatoms. The Morgan fingerprint density at radius 2 is 2.05 bits per heavy atom. The lowest BCUT2D eigenvalue weighted by molar-refractivity contribution is -0.136. The van der Waals surface area contributed by atoms with Crippen LogP contribution in [-0.2, 0) is 6.18 Å². The molecule has 5 rings (SSSR count). The molecule has 3 aromatic rings. The number of hydrogen-bond donors (Lipinski definition) is 5. The highest BCUT2D eigenvalue weighted by Crippen LogP contribution is 2.43. The molecular weight excluding hydrogens is 557 g/mol. The number of alkyl halides is 3. The van der Waals surface area contributed by atoms with Crippen molar-refractivity contribution in [3.05, 3.63) is 52.2 Å². The van der Waals surface area contributed by atoms with Gasteiger partial charge in [0.1, 0.15) is 27.3 Å². The van der Waals surface area contributed by atoms with Gasteiger partial charge < -0.3 is 32.5 Å². The number of dihydropyridines is 1. The van der Waals surface area contributed by atoms with Gasteiger partial charge in [-0.3, -0.25) is 14.8 Å². The number of thiophene rings is 1. The highest BCUT2D eigenvalue weighted by molar-refractivity contribution is 7.21. The number of fused-ring (bicyclic) bond motifs is 1. The molecule has 0 bridgehead atoms. The molecule has 5 heterocycles. The van der Waals surface area contributed by atoms with Crippen LogP contribution in [0.4, 0.5) is 24.7 Å². The fourth-order valence-electron chi connectivity index (χ4n) is 4.98. The summed E-state index contributed by atoms with van der Waals surface area (Å²) in [5.74, 6) is -0.727. The number of hydrogen-bond acceptors (Lipinski definition) is 10. The first-order valence-corrected chi connectivity index (χ1v) is 13.9. The van der Waals surface area contributed by atoms with E-state index >= 15 is 0 Å². The number of rotatable bonds is 7. The smallest absolute Gasteiger partial charge is 0.397 e. The van der Waals surface area contributed by atoms with Gasteiger partial charge in [-0.05, 0) is 37.5 Å². The number of primary amides is 1. The summed E-state index contributed by atoms with van der Waals surface area (Å²) < 4.78 is 41.7. The second kappa shape index (κ2) is 11.0. The second-order valence-electron chi connectivity index (χ2n) is 10.6. The predicted molar refractivity (Wildman–Crippen MR) is 154 cm³/mol. The topological polar surface area (TPSA) is 169 Å². The van der Waals surface area contributed by atoms with Gasteiger partial charge in [0.15, 0.2) is 0 Å². The summed E-state index contributed by atoms with van der Waals surface area (Å²) in [6, 6.07) is 4.69. The molecule has 0 radical (unpaired) electrons. The molecule has 10 nitrogen and oxygen atoms in total. The van der Waals surface area contributed by atoms with E-state index in [1.807, 2.05) is 19.1 Å². The maximum Gasteiger partial charge on any atom is 0.417 e. The van der Waals surface area contributed by atoms with Crippen LogP contribution in [0.3, 0.4) is 0 Å². The number of nitrogen functional groups attached to an aromatic ring is 1. The number of nitrogens with two attached hydrogens (primary N) is 3. The van der Waals surface area contributed by atoms with Gasteiger partial charge in [0.2, 0.25) is 0 Å². The third kappa shape index (κ3) is 6.20. The average molecular weight is 589 g/mol. The fraction of sp³-hybridized carbons (Fsp3) is 0.407. The van der Waals surface area contributed by atoms with Crippen molar-refractivity contribution in [2.24, 2.45) is 16.5 Å². The number of halogens is 3. The maximum absolute atomic E-state index is 13.9. The summed E-state index contributed by atoms with van der Waals surface area (Å²) in [7, 11) is 0. The van der Waals surface area contributed by atoms with Crippen molar-refractivity contribution >= 4 is 50.8 Å². The summed E-state index contributed by atoms with van der Waals surface area (Å²) in [6.45, 7) is 3.05. The third-order valence-corrected chi connectivity index (χ3v) is 8.44. The lowest BCUT2D eigenvalue weighted by Crippen LogP contribution is -2.44. The van der Waals surface area contributed by atoms with Gasteiger partial charge in [-0.25, -0.2) is 4.98 Å². The van der Waals surface area contributed by atoms with E-state index in [1.54, 1.807) is 23.4 Å². The van der Waals surface area contributed by atoms with E-state index in [9.17, 15) is 23.1 Å². The van der Waals surface area contributed by atoms with Crippen molar-refractivity contribution in [1.82, 2.24) is 15.3 Å². The minimum atomic E-state index is -4.69. The number of aliphatic hydroxyl groups excluding tert-OH is 1. The zero-order valence-electron chi connectivity index (χ0n) is 22.3. The largest absolute Gasteiger partial charge is 0.417 e. The number of allylic oxidation sites excluding steroid dienone is 1. The predicted octanol–water partition coefficient (Wildman–Crippen LogP) is 3.22. The van der Waals surface area contributed by atoms with Crippen molar-refractivity contribution in [2.45, 2.75) is 50.2 Å². The number of amides is 1. The van der Waals surface area contributed by atoms with E-state index in [4.69, 9.17) is 17.2 Å². The summed E-state index contributed by atoms with van der Waals surface area (Å²) in [6.07, 6.45) is 1.82. The maximum atomic E-state index is 13.9. The minimum Gasteiger partial charge on any atom is -0.397 e. The molecule has 2 atom stereocenters. The van der Waals surface area contributed by atoms with Gasteiger partial charge in [0.05, 0.1) is 16.9 Å². The summed E-state index contributed by atoms with van der Waals surface area (Å²) in [5, 5.41) is 13.7. The number of aromatic nitrogens is 2. The van der Waals surface area contributed by atoms with Crippen LogP contribution in [0, 0.1) is 0 Å². The Kier molecular flexibility index (Phi) is 7.76. The number of nitrogens with one attached hydrogen (secondary N) is 1. The fourth-order valence-corrected chi connectivity index (χ4v) is 5.94. The first-order valence-electron chi connectivity index (χ1n) is 13.1. The number of nitrogens with zero attached hydrogens (tertiary/aromatic N) is 4. The Morgan fingerprint density at radius 1 is 1.32 bits per heavy atom. The third-order valence-electron chi connectivity index (χ3n) is 7.33. The van der Waals surface area contributed by atoms with Gasteiger partial charge in [-0.1, -0.05) is 12.1 Å². The van der Waals surface area contributed by atoms with Crippen LogP contribution in [0.2, 0.25) is 0 Å². The molecule has 1 saturated heterocycles. The van der Waals surface area contributed by atoms with E-state index < -0.39 is 29.4 Å². The first kappa shape index (κ1) is 28.9. The Hall–Kier alpha value is -3.59. The molecule has 0 saturated carbocycles. The Balaban J connectivity index is 1.20. The number of carbonyl (C=O) groups is 1. The number of aliphatic imine (C=N–C) groups is 1. The molecule has 3 aromatic heterocycles. The van der Waals surface area contributed by atoms with Gasteiger partial charge in [-0.15, -0.1) is 11.3 Å². The molecule has 2 aliphatic heterocycles. The average Bonchev–Trinajstić information content (AvgIpc) is 3.27. The second-order valence-corrected chi connectivity index (χ2v) is 11.6. The zero-order valence-corrected chi connectivity index (χ0v) is 23.1. The van der Waals surface area contributed by atoms with Crippen molar-refractivity contribution in [3.63, 3.8) is 0 Å². The minimum absolute atomic E-state index is 0.0212. The SMILES string of the molecule is CC1(N)CC=C(c2ccc(C(O)CNC3CCN(c4cc(C(F)(F)F)c5c(N)c(C(N)=O)sc5n4)CC3)nc2)C=N1. The van der Waals surface area contributed by atoms with E-state index in [2.05, 4.69) is 20.3 Å². The van der Waals surface area contributed by atoms with Crippen LogP contribution in [0.25, 0.3) is 15.8 Å². The molecule has 41 heavy (non-hydrogen) atoms. The number of carbonyl (C=O) groups excluding carboxylic acids is 1. The molecular formula is C27H31F3N8O2S. The molecule has 2 aliphatic rings.